The number of aromatic nitrogens is 3. The van der Waals surface area contributed by atoms with Crippen LogP contribution in [0.3, 0.4) is 0 Å². The molecule has 0 spiro atoms. The molecule has 0 radical (unpaired) electrons. The first-order valence-corrected chi connectivity index (χ1v) is 9.74. The fourth-order valence-electron chi connectivity index (χ4n) is 3.43. The SMILES string of the molecule is Cc1sc2nc([C@H](C)[NH2+]CCc3c[nH]c4ccccc34)[nH]c(=O)c2c1C. The molecule has 0 saturated heterocycles. The standard InChI is InChI=1S/C20H22N4OS/c1-11-13(3)26-20-17(11)19(25)23-18(24-20)12(2)21-9-8-14-10-22-16-7-5-4-6-15(14)16/h4-7,10,12,21-22H,8-9H2,1-3H3,(H,23,24,25)/p+1/t12-/m0/s1. The van der Waals surface area contributed by atoms with Crippen molar-refractivity contribution in [1.82, 2.24) is 15.0 Å². The lowest BCUT2D eigenvalue weighted by atomic mass is 10.1. The van der Waals surface area contributed by atoms with Crippen LogP contribution < -0.4 is 10.9 Å². The maximum atomic E-state index is 12.4. The van der Waals surface area contributed by atoms with E-state index in [9.17, 15) is 4.79 Å². The highest BCUT2D eigenvalue weighted by Gasteiger charge is 2.17. The van der Waals surface area contributed by atoms with Gasteiger partial charge in [0.05, 0.1) is 11.9 Å². The van der Waals surface area contributed by atoms with Crippen molar-refractivity contribution in [2.75, 3.05) is 6.54 Å². The number of quaternary nitrogens is 1. The Labute approximate surface area is 155 Å². The van der Waals surface area contributed by atoms with Crippen molar-refractivity contribution >= 4 is 32.5 Å². The number of nitrogens with two attached hydrogens (primary N) is 1. The summed E-state index contributed by atoms with van der Waals surface area (Å²) in [6, 6.07) is 8.48. The molecule has 0 amide bonds. The number of benzene rings is 1. The monoisotopic (exact) mass is 367 g/mol. The molecule has 26 heavy (non-hydrogen) atoms. The van der Waals surface area contributed by atoms with Gasteiger partial charge in [0.1, 0.15) is 10.9 Å². The van der Waals surface area contributed by atoms with E-state index in [1.54, 1.807) is 11.3 Å². The third kappa shape index (κ3) is 2.95. The predicted molar refractivity (Wildman–Crippen MR) is 107 cm³/mol. The van der Waals surface area contributed by atoms with Crippen LogP contribution in [0, 0.1) is 13.8 Å². The predicted octanol–water partition coefficient (Wildman–Crippen LogP) is 2.95. The lowest BCUT2D eigenvalue weighted by Crippen LogP contribution is -2.85. The van der Waals surface area contributed by atoms with Gasteiger partial charge in [-0.15, -0.1) is 11.3 Å². The third-order valence-electron chi connectivity index (χ3n) is 5.10. The summed E-state index contributed by atoms with van der Waals surface area (Å²) in [5.41, 5.74) is 3.52. The normalized spacial score (nSPS) is 12.9. The molecule has 0 aliphatic carbocycles. The van der Waals surface area contributed by atoms with Gasteiger partial charge < -0.3 is 15.3 Å². The van der Waals surface area contributed by atoms with Crippen molar-refractivity contribution in [2.45, 2.75) is 33.2 Å². The van der Waals surface area contributed by atoms with Crippen molar-refractivity contribution in [3.63, 3.8) is 0 Å². The molecule has 1 atom stereocenters. The number of H-pyrrole nitrogens is 2. The van der Waals surface area contributed by atoms with Crippen molar-refractivity contribution in [3.8, 4) is 0 Å². The number of aromatic amines is 2. The summed E-state index contributed by atoms with van der Waals surface area (Å²) in [6.07, 6.45) is 3.06. The Hall–Kier alpha value is -2.44. The summed E-state index contributed by atoms with van der Waals surface area (Å²) in [4.78, 5) is 25.4. The molecule has 3 heterocycles. The number of nitrogens with one attached hydrogen (secondary N) is 2. The van der Waals surface area contributed by atoms with Gasteiger partial charge in [-0.1, -0.05) is 18.2 Å². The van der Waals surface area contributed by atoms with E-state index in [2.05, 4.69) is 46.6 Å². The summed E-state index contributed by atoms with van der Waals surface area (Å²) < 4.78 is 0. The zero-order valence-electron chi connectivity index (χ0n) is 15.2. The molecule has 134 valence electrons. The molecule has 0 aliphatic heterocycles. The minimum atomic E-state index is -0.0243. The zero-order valence-corrected chi connectivity index (χ0v) is 16.0. The Kier molecular flexibility index (Phi) is 4.38. The van der Waals surface area contributed by atoms with Crippen LogP contribution >= 0.6 is 11.3 Å². The van der Waals surface area contributed by atoms with Gasteiger partial charge in [-0.3, -0.25) is 4.79 Å². The number of fused-ring (bicyclic) bond motifs is 2. The Bertz CT molecular complexity index is 1140. The molecule has 1 aromatic carbocycles. The van der Waals surface area contributed by atoms with Crippen molar-refractivity contribution in [1.29, 1.82) is 0 Å². The lowest BCUT2D eigenvalue weighted by molar-refractivity contribution is -0.693. The second-order valence-corrected chi connectivity index (χ2v) is 8.04. The highest BCUT2D eigenvalue weighted by atomic mass is 32.1. The highest BCUT2D eigenvalue weighted by Crippen LogP contribution is 2.26. The van der Waals surface area contributed by atoms with Gasteiger partial charge in [0.25, 0.3) is 5.56 Å². The fourth-order valence-corrected chi connectivity index (χ4v) is 4.46. The number of para-hydroxylation sites is 1. The van der Waals surface area contributed by atoms with Crippen LogP contribution in [0.2, 0.25) is 0 Å². The first-order chi connectivity index (χ1) is 12.5. The van der Waals surface area contributed by atoms with Crippen LogP contribution in [0.4, 0.5) is 0 Å². The minimum absolute atomic E-state index is 0.0243. The summed E-state index contributed by atoms with van der Waals surface area (Å²) in [5, 5.41) is 4.26. The van der Waals surface area contributed by atoms with Crippen LogP contribution in [-0.2, 0) is 6.42 Å². The molecule has 0 saturated carbocycles. The Morgan fingerprint density at radius 2 is 2.08 bits per heavy atom. The summed E-state index contributed by atoms with van der Waals surface area (Å²) in [7, 11) is 0. The molecule has 0 fully saturated rings. The summed E-state index contributed by atoms with van der Waals surface area (Å²) >= 11 is 1.60. The van der Waals surface area contributed by atoms with Gasteiger partial charge in [0, 0.05) is 28.4 Å². The van der Waals surface area contributed by atoms with Crippen LogP contribution in [0.1, 0.15) is 34.8 Å². The number of hydrogen-bond acceptors (Lipinski definition) is 3. The minimum Gasteiger partial charge on any atom is -0.361 e. The number of hydrogen-bond donors (Lipinski definition) is 3. The molecular formula is C20H23N4OS+. The summed E-state index contributed by atoms with van der Waals surface area (Å²) in [5.74, 6) is 0.752. The molecular weight excluding hydrogens is 344 g/mol. The van der Waals surface area contributed by atoms with E-state index in [0.29, 0.717) is 0 Å². The van der Waals surface area contributed by atoms with Gasteiger partial charge in [-0.2, -0.15) is 0 Å². The average Bonchev–Trinajstić information content (AvgIpc) is 3.16. The molecule has 0 aliphatic rings. The molecule has 4 N–H and O–H groups in total. The van der Waals surface area contributed by atoms with Crippen molar-refractivity contribution < 1.29 is 5.32 Å². The Morgan fingerprint density at radius 1 is 1.27 bits per heavy atom. The molecule has 0 bridgehead atoms. The van der Waals surface area contributed by atoms with Gasteiger partial charge in [0.15, 0.2) is 5.82 Å². The van der Waals surface area contributed by atoms with Gasteiger partial charge in [0.2, 0.25) is 0 Å². The number of rotatable bonds is 5. The number of aryl methyl sites for hydroxylation is 2. The molecule has 6 heteroatoms. The molecule has 0 unspecified atom stereocenters. The van der Waals surface area contributed by atoms with E-state index < -0.39 is 0 Å². The van der Waals surface area contributed by atoms with Crippen LogP contribution in [0.5, 0.6) is 0 Å². The molecule has 5 nitrogen and oxygen atoms in total. The summed E-state index contributed by atoms with van der Waals surface area (Å²) in [6.45, 7) is 7.05. The highest BCUT2D eigenvalue weighted by molar-refractivity contribution is 7.18. The molecule has 3 aromatic heterocycles. The van der Waals surface area contributed by atoms with Crippen LogP contribution in [-0.4, -0.2) is 21.5 Å². The Morgan fingerprint density at radius 3 is 2.92 bits per heavy atom. The second kappa shape index (κ2) is 6.70. The average molecular weight is 367 g/mol. The van der Waals surface area contributed by atoms with E-state index in [0.717, 1.165) is 39.4 Å². The smallest absolute Gasteiger partial charge is 0.260 e. The second-order valence-electron chi connectivity index (χ2n) is 6.84. The van der Waals surface area contributed by atoms with Gasteiger partial charge in [-0.05, 0) is 38.0 Å². The van der Waals surface area contributed by atoms with E-state index in [1.165, 1.54) is 16.5 Å². The van der Waals surface area contributed by atoms with E-state index in [4.69, 9.17) is 4.98 Å². The van der Waals surface area contributed by atoms with Gasteiger partial charge in [-0.25, -0.2) is 4.98 Å². The van der Waals surface area contributed by atoms with Crippen molar-refractivity contribution in [3.05, 3.63) is 62.6 Å². The largest absolute Gasteiger partial charge is 0.361 e. The van der Waals surface area contributed by atoms with Crippen LogP contribution in [0.15, 0.2) is 35.3 Å². The fraction of sp³-hybridized carbons (Fsp3) is 0.300. The molecule has 4 rings (SSSR count). The first-order valence-electron chi connectivity index (χ1n) is 8.93. The maximum absolute atomic E-state index is 12.4. The Balaban J connectivity index is 1.49. The first kappa shape index (κ1) is 17.0. The van der Waals surface area contributed by atoms with E-state index in [-0.39, 0.29) is 11.6 Å². The third-order valence-corrected chi connectivity index (χ3v) is 6.20. The maximum Gasteiger partial charge on any atom is 0.260 e. The van der Waals surface area contributed by atoms with Crippen LogP contribution in [0.25, 0.3) is 21.1 Å². The van der Waals surface area contributed by atoms with Gasteiger partial charge >= 0.3 is 0 Å². The van der Waals surface area contributed by atoms with E-state index in [1.807, 2.05) is 19.9 Å². The van der Waals surface area contributed by atoms with E-state index >= 15 is 0 Å². The number of nitrogens with zero attached hydrogens (tertiary/aromatic N) is 1. The zero-order chi connectivity index (χ0) is 18.3. The topological polar surface area (TPSA) is 78.2 Å². The molecule has 4 aromatic rings. The number of thiophene rings is 1. The van der Waals surface area contributed by atoms with Crippen molar-refractivity contribution in [2.24, 2.45) is 0 Å². The lowest BCUT2D eigenvalue weighted by Gasteiger charge is -2.10. The quantitative estimate of drug-likeness (QED) is 0.507.